The Bertz CT molecular complexity index is 966. The number of carbonyl (C=O) groups excluding carboxylic acids is 1. The molecule has 0 saturated carbocycles. The molecular weight excluding hydrogens is 455 g/mol. The van der Waals surface area contributed by atoms with Gasteiger partial charge in [-0.2, -0.15) is 13.2 Å². The number of methoxy groups -OCH3 is 1. The predicted octanol–water partition coefficient (Wildman–Crippen LogP) is 3.86. The third-order valence-electron chi connectivity index (χ3n) is 6.71. The second-order valence-corrected chi connectivity index (χ2v) is 9.05. The topological polar surface area (TPSA) is 86.1 Å². The molecule has 8 nitrogen and oxygen atoms in total. The molecule has 4 rings (SSSR count). The van der Waals surface area contributed by atoms with Crippen LogP contribution < -0.4 is 10.1 Å². The van der Waals surface area contributed by atoms with Crippen LogP contribution in [0.2, 0.25) is 0 Å². The zero-order chi connectivity index (χ0) is 24.2. The molecule has 0 radical (unpaired) electrons. The minimum absolute atomic E-state index is 0.0814. The molecule has 2 aliphatic heterocycles. The molecule has 1 N–H and O–H groups in total. The number of alkyl halides is 3. The summed E-state index contributed by atoms with van der Waals surface area (Å²) in [6.45, 7) is 2.73. The number of hydrogen-bond donors (Lipinski definition) is 1. The highest BCUT2D eigenvalue weighted by atomic mass is 19.4. The van der Waals surface area contributed by atoms with Crippen molar-refractivity contribution in [3.8, 4) is 5.75 Å². The van der Waals surface area contributed by atoms with E-state index in [0.717, 1.165) is 25.9 Å². The van der Waals surface area contributed by atoms with Crippen molar-refractivity contribution in [1.29, 1.82) is 0 Å². The van der Waals surface area contributed by atoms with E-state index < -0.39 is 18.2 Å². The number of carbonyl (C=O) groups is 1. The number of fused-ring (bicyclic) bond motifs is 1. The van der Waals surface area contributed by atoms with Crippen LogP contribution in [0.1, 0.15) is 25.7 Å². The number of benzene rings is 1. The fourth-order valence-electron chi connectivity index (χ4n) is 4.78. The molecule has 0 bridgehead atoms. The van der Waals surface area contributed by atoms with Gasteiger partial charge in [-0.1, -0.05) is 11.2 Å². The molecule has 11 heteroatoms. The molecule has 2 saturated heterocycles. The number of ether oxygens (including phenoxy) is 3. The lowest BCUT2D eigenvalue weighted by molar-refractivity contribution is -0.160. The van der Waals surface area contributed by atoms with Gasteiger partial charge in [0.1, 0.15) is 11.1 Å². The van der Waals surface area contributed by atoms with Crippen molar-refractivity contribution in [1.82, 2.24) is 10.1 Å². The monoisotopic (exact) mass is 485 g/mol. The standard InChI is InChI=1S/C23H30F3N3O5/c1-31-21(30)22(7-11-32-12-8-22)14-29-9-5-16(6-10-29)13-27-20-19-17(33-15-23(24,25)26)3-2-4-18(19)34-28-20/h2-4,16H,5-15H2,1H3,(H,27,28). The van der Waals surface area contributed by atoms with Crippen LogP contribution in [0.5, 0.6) is 5.75 Å². The Kier molecular flexibility index (Phi) is 7.51. The average molecular weight is 486 g/mol. The van der Waals surface area contributed by atoms with Gasteiger partial charge in [0.2, 0.25) is 0 Å². The van der Waals surface area contributed by atoms with Crippen LogP contribution in [0.3, 0.4) is 0 Å². The van der Waals surface area contributed by atoms with Crippen molar-refractivity contribution < 1.29 is 36.7 Å². The first-order chi connectivity index (χ1) is 16.3. The summed E-state index contributed by atoms with van der Waals surface area (Å²) in [7, 11) is 1.44. The fourth-order valence-corrected chi connectivity index (χ4v) is 4.78. The molecule has 0 atom stereocenters. The molecule has 2 fully saturated rings. The van der Waals surface area contributed by atoms with E-state index in [2.05, 4.69) is 15.4 Å². The second kappa shape index (κ2) is 10.4. The van der Waals surface area contributed by atoms with Gasteiger partial charge in [0, 0.05) is 26.3 Å². The van der Waals surface area contributed by atoms with E-state index in [1.807, 2.05) is 0 Å². The summed E-state index contributed by atoms with van der Waals surface area (Å²) in [6, 6.07) is 4.68. The largest absolute Gasteiger partial charge is 0.483 e. The molecule has 0 spiro atoms. The number of likely N-dealkylation sites (tertiary alicyclic amines) is 1. The molecule has 3 heterocycles. The zero-order valence-corrected chi connectivity index (χ0v) is 19.2. The van der Waals surface area contributed by atoms with Crippen molar-refractivity contribution in [3.63, 3.8) is 0 Å². The first-order valence-electron chi connectivity index (χ1n) is 11.5. The van der Waals surface area contributed by atoms with E-state index in [1.165, 1.54) is 13.2 Å². The van der Waals surface area contributed by atoms with Gasteiger partial charge in [-0.25, -0.2) is 0 Å². The number of aromatic nitrogens is 1. The Hall–Kier alpha value is -2.53. The van der Waals surface area contributed by atoms with Crippen molar-refractivity contribution in [2.45, 2.75) is 31.9 Å². The van der Waals surface area contributed by atoms with Crippen LogP contribution in [0.4, 0.5) is 19.0 Å². The molecular formula is C23H30F3N3O5. The lowest BCUT2D eigenvalue weighted by atomic mass is 9.79. The van der Waals surface area contributed by atoms with Gasteiger partial charge >= 0.3 is 12.1 Å². The molecule has 1 aromatic heterocycles. The summed E-state index contributed by atoms with van der Waals surface area (Å²) >= 11 is 0. The summed E-state index contributed by atoms with van der Waals surface area (Å²) in [5.74, 6) is 0.649. The Morgan fingerprint density at radius 1 is 1.26 bits per heavy atom. The number of piperidine rings is 1. The third kappa shape index (κ3) is 5.75. The maximum absolute atomic E-state index is 12.6. The number of esters is 1. The molecule has 2 aliphatic rings. The number of anilines is 1. The molecule has 0 unspecified atom stereocenters. The highest BCUT2D eigenvalue weighted by Gasteiger charge is 2.43. The SMILES string of the molecule is COC(=O)C1(CN2CCC(CNc3noc4cccc(OCC(F)(F)F)c34)CC2)CCOCC1. The quantitative estimate of drug-likeness (QED) is 0.565. The molecule has 188 valence electrons. The van der Waals surface area contributed by atoms with Crippen LogP contribution in [0, 0.1) is 11.3 Å². The van der Waals surface area contributed by atoms with E-state index in [9.17, 15) is 18.0 Å². The highest BCUT2D eigenvalue weighted by Crippen LogP contribution is 2.35. The van der Waals surface area contributed by atoms with Gasteiger partial charge in [-0.3, -0.25) is 4.79 Å². The van der Waals surface area contributed by atoms with Gasteiger partial charge in [0.05, 0.1) is 12.5 Å². The molecule has 2 aromatic rings. The normalized spacial score (nSPS) is 19.8. The van der Waals surface area contributed by atoms with Crippen LogP contribution in [0.15, 0.2) is 22.7 Å². The van der Waals surface area contributed by atoms with Gasteiger partial charge in [-0.05, 0) is 56.8 Å². The first-order valence-corrected chi connectivity index (χ1v) is 11.5. The summed E-state index contributed by atoms with van der Waals surface area (Å²) in [4.78, 5) is 14.8. The van der Waals surface area contributed by atoms with E-state index in [1.54, 1.807) is 12.1 Å². The lowest BCUT2D eigenvalue weighted by Crippen LogP contribution is -2.49. The van der Waals surface area contributed by atoms with Crippen molar-refractivity contribution in [2.24, 2.45) is 11.3 Å². The van der Waals surface area contributed by atoms with Gasteiger partial charge in [0.15, 0.2) is 18.0 Å². The van der Waals surface area contributed by atoms with Crippen LogP contribution >= 0.6 is 0 Å². The third-order valence-corrected chi connectivity index (χ3v) is 6.71. The minimum Gasteiger partial charge on any atom is -0.483 e. The Balaban J connectivity index is 1.32. The predicted molar refractivity (Wildman–Crippen MR) is 118 cm³/mol. The van der Waals surface area contributed by atoms with Crippen molar-refractivity contribution >= 4 is 22.8 Å². The molecule has 0 aliphatic carbocycles. The minimum atomic E-state index is -4.43. The summed E-state index contributed by atoms with van der Waals surface area (Å²) in [5, 5.41) is 7.63. The van der Waals surface area contributed by atoms with E-state index in [0.29, 0.717) is 61.8 Å². The van der Waals surface area contributed by atoms with Gasteiger partial charge in [0.25, 0.3) is 0 Å². The Morgan fingerprint density at radius 3 is 2.68 bits per heavy atom. The number of halogens is 3. The van der Waals surface area contributed by atoms with Crippen molar-refractivity contribution in [2.75, 3.05) is 58.4 Å². The van der Waals surface area contributed by atoms with Crippen LogP contribution in [-0.2, 0) is 14.3 Å². The molecule has 34 heavy (non-hydrogen) atoms. The first kappa shape index (κ1) is 24.6. The number of nitrogens with zero attached hydrogens (tertiary/aromatic N) is 2. The number of rotatable bonds is 8. The lowest BCUT2D eigenvalue weighted by Gasteiger charge is -2.41. The maximum atomic E-state index is 12.6. The zero-order valence-electron chi connectivity index (χ0n) is 19.2. The van der Waals surface area contributed by atoms with Gasteiger partial charge in [-0.15, -0.1) is 0 Å². The second-order valence-electron chi connectivity index (χ2n) is 9.05. The maximum Gasteiger partial charge on any atom is 0.422 e. The smallest absolute Gasteiger partial charge is 0.422 e. The van der Waals surface area contributed by atoms with Crippen LogP contribution in [0.25, 0.3) is 11.0 Å². The number of hydrogen-bond acceptors (Lipinski definition) is 8. The summed E-state index contributed by atoms with van der Waals surface area (Å²) in [5.41, 5.74) is -0.147. The summed E-state index contributed by atoms with van der Waals surface area (Å²) in [6.07, 6.45) is -1.25. The fraction of sp³-hybridized carbons (Fsp3) is 0.652. The van der Waals surface area contributed by atoms with Crippen molar-refractivity contribution in [3.05, 3.63) is 18.2 Å². The average Bonchev–Trinajstić information content (AvgIpc) is 3.25. The van der Waals surface area contributed by atoms with E-state index in [-0.39, 0.29) is 11.7 Å². The molecule has 1 aromatic carbocycles. The Labute approximate surface area is 195 Å². The number of nitrogens with one attached hydrogen (secondary N) is 1. The van der Waals surface area contributed by atoms with Gasteiger partial charge < -0.3 is 29.0 Å². The van der Waals surface area contributed by atoms with E-state index >= 15 is 0 Å². The summed E-state index contributed by atoms with van der Waals surface area (Å²) < 4.78 is 58.6. The highest BCUT2D eigenvalue weighted by molar-refractivity contribution is 5.93. The van der Waals surface area contributed by atoms with E-state index in [4.69, 9.17) is 18.7 Å². The van der Waals surface area contributed by atoms with Crippen LogP contribution in [-0.4, -0.2) is 75.3 Å². The molecule has 0 amide bonds. The Morgan fingerprint density at radius 2 is 2.00 bits per heavy atom.